The van der Waals surface area contributed by atoms with Crippen LogP contribution in [-0.4, -0.2) is 46.8 Å². The third-order valence-corrected chi connectivity index (χ3v) is 0.258. The summed E-state index contributed by atoms with van der Waals surface area (Å²) < 4.78 is 0. The van der Waals surface area contributed by atoms with Gasteiger partial charge in [-0.15, -0.1) is 0 Å². The van der Waals surface area contributed by atoms with Crippen LogP contribution in [0.1, 0.15) is 0 Å². The van der Waals surface area contributed by atoms with Crippen molar-refractivity contribution in [3.8, 4) is 0 Å². The smallest absolute Gasteiger partial charge is 0.753 e. The second-order valence-corrected chi connectivity index (χ2v) is 1.57. The first-order valence-electron chi connectivity index (χ1n) is 3.30. The van der Waals surface area contributed by atoms with E-state index in [9.17, 15) is 0 Å². The molecule has 0 aromatic rings. The Hall–Kier alpha value is -0.0665. The first-order valence-corrected chi connectivity index (χ1v) is 4.12. The van der Waals surface area contributed by atoms with Gasteiger partial charge in [0.05, 0.1) is 13.2 Å². The quantitative estimate of drug-likeness (QED) is 0.299. The molecule has 0 radical (unpaired) electrons. The Morgan fingerprint density at radius 3 is 1.00 bits per heavy atom. The summed E-state index contributed by atoms with van der Waals surface area (Å²) in [6.07, 6.45) is 0. The van der Waals surface area contributed by atoms with Crippen LogP contribution >= 0.6 is 24.4 Å². The fourth-order valence-corrected chi connectivity index (χ4v) is 0. The summed E-state index contributed by atoms with van der Waals surface area (Å²) in [5.74, 6) is 0. The van der Waals surface area contributed by atoms with Crippen LogP contribution in [0.3, 0.4) is 0 Å². The molecule has 0 unspecified atom stereocenters. The second kappa shape index (κ2) is 66.2. The van der Waals surface area contributed by atoms with Gasteiger partial charge in [-0.05, 0) is 0 Å². The van der Waals surface area contributed by atoms with E-state index in [0.717, 1.165) is 0 Å². The van der Waals surface area contributed by atoms with E-state index in [0.29, 0.717) is 13.1 Å². The molecule has 0 spiro atoms. The number of isothiocyanates is 2. The zero-order valence-electron chi connectivity index (χ0n) is 7.90. The minimum Gasteiger partial charge on any atom is -0.753 e. The Labute approximate surface area is 110 Å². The van der Waals surface area contributed by atoms with Gasteiger partial charge in [0.15, 0.2) is 0 Å². The van der Waals surface area contributed by atoms with Gasteiger partial charge >= 0.3 is 16.5 Å². The van der Waals surface area contributed by atoms with Crippen LogP contribution in [0.25, 0.3) is 10.8 Å². The summed E-state index contributed by atoms with van der Waals surface area (Å²) in [7, 11) is 0. The molecule has 0 aliphatic heterocycles. The van der Waals surface area contributed by atoms with E-state index in [1.54, 1.807) is 0 Å². The number of nitrogens with zero attached hydrogens (tertiary/aromatic N) is 2. The van der Waals surface area contributed by atoms with Gasteiger partial charge in [0.1, 0.15) is 0 Å². The van der Waals surface area contributed by atoms with Gasteiger partial charge in [-0.3, -0.25) is 0 Å². The van der Waals surface area contributed by atoms with Crippen LogP contribution < -0.4 is 11.5 Å². The van der Waals surface area contributed by atoms with Crippen LogP contribution in [0.2, 0.25) is 0 Å². The summed E-state index contributed by atoms with van der Waals surface area (Å²) in [4.78, 5) is 0. The van der Waals surface area contributed by atoms with Crippen LogP contribution in [0, 0.1) is 0 Å². The predicted molar refractivity (Wildman–Crippen MR) is 64.2 cm³/mol. The average Bonchev–Trinajstić information content (AvgIpc) is 2.20. The Bertz CT molecular complexity index is 119. The maximum absolute atomic E-state index is 7.75. The zero-order valence-corrected chi connectivity index (χ0v) is 10.5. The van der Waals surface area contributed by atoms with E-state index in [1.807, 2.05) is 0 Å². The van der Waals surface area contributed by atoms with Crippen molar-refractivity contribution in [2.45, 2.75) is 0 Å². The summed E-state index contributed by atoms with van der Waals surface area (Å²) in [5, 5.41) is 32.4. The molecule has 0 rings (SSSR count). The van der Waals surface area contributed by atoms with E-state index in [4.69, 9.17) is 32.5 Å². The zero-order chi connectivity index (χ0) is 12.2. The molecular weight excluding hydrogens is 283 g/mol. The molecule has 0 aromatic carbocycles. The molecule has 0 heterocycles. The fourth-order valence-electron chi connectivity index (χ4n) is 0. The summed E-state index contributed by atoms with van der Waals surface area (Å²) >= 11 is 7.40. The second-order valence-electron chi connectivity index (χ2n) is 1.21. The number of hydrogen-bond acceptors (Lipinski definition) is 6. The van der Waals surface area contributed by atoms with Crippen LogP contribution in [-0.2, 0) is 16.5 Å². The monoisotopic (exact) mass is 296 g/mol. The van der Waals surface area contributed by atoms with E-state index in [1.165, 1.54) is 10.3 Å². The molecule has 6 N–H and O–H groups in total. The van der Waals surface area contributed by atoms with Crippen molar-refractivity contribution in [2.75, 3.05) is 26.3 Å². The SMILES string of the molecule is NCCO.NCCO.[N-]=C=S.[N-]=C=S.[Ni+2]. The van der Waals surface area contributed by atoms with Crippen molar-refractivity contribution in [1.29, 1.82) is 0 Å². The third kappa shape index (κ3) is 531. The Morgan fingerprint density at radius 2 is 1.00 bits per heavy atom. The topological polar surface area (TPSA) is 137 Å². The molecule has 0 saturated heterocycles. The number of aliphatic hydroxyl groups excluding tert-OH is 2. The van der Waals surface area contributed by atoms with E-state index >= 15 is 0 Å². The Morgan fingerprint density at radius 1 is 0.933 bits per heavy atom. The predicted octanol–water partition coefficient (Wildman–Crippen LogP) is -0.811. The van der Waals surface area contributed by atoms with Crippen LogP contribution in [0.4, 0.5) is 0 Å². The van der Waals surface area contributed by atoms with Gasteiger partial charge in [-0.25, -0.2) is 0 Å². The molecular formula is C6H14N4NiO2S2. The molecule has 92 valence electrons. The summed E-state index contributed by atoms with van der Waals surface area (Å²) in [5.41, 5.74) is 9.56. The minimum absolute atomic E-state index is 0. The van der Waals surface area contributed by atoms with Crippen molar-refractivity contribution in [3.63, 3.8) is 0 Å². The molecule has 0 bridgehead atoms. The fraction of sp³-hybridized carbons (Fsp3) is 0.667. The molecule has 6 nitrogen and oxygen atoms in total. The maximum atomic E-state index is 7.75. The van der Waals surface area contributed by atoms with Gasteiger partial charge in [-0.1, -0.05) is 24.4 Å². The van der Waals surface area contributed by atoms with Crippen LogP contribution in [0.15, 0.2) is 0 Å². The Kier molecular flexibility index (Phi) is 130. The standard InChI is InChI=1S/2C2H7NO.2CNS.Ni/c2*3-1-2-4;2*2-1-3;/h2*4H,1-3H2;;;/q;;2*-1;+2. The largest absolute Gasteiger partial charge is 2.00 e. The van der Waals surface area contributed by atoms with Gasteiger partial charge in [0, 0.05) is 13.1 Å². The van der Waals surface area contributed by atoms with Crippen molar-refractivity contribution in [2.24, 2.45) is 11.5 Å². The van der Waals surface area contributed by atoms with Gasteiger partial charge in [-0.2, -0.15) is 10.3 Å². The van der Waals surface area contributed by atoms with Crippen molar-refractivity contribution in [1.82, 2.24) is 0 Å². The van der Waals surface area contributed by atoms with Crippen molar-refractivity contribution in [3.05, 3.63) is 10.8 Å². The normalized spacial score (nSPS) is 5.07. The number of rotatable bonds is 2. The van der Waals surface area contributed by atoms with Gasteiger partial charge < -0.3 is 32.5 Å². The van der Waals surface area contributed by atoms with Crippen LogP contribution in [0.5, 0.6) is 0 Å². The first-order chi connectivity index (χ1) is 6.66. The number of nitrogens with two attached hydrogens (primary N) is 2. The molecule has 0 aliphatic rings. The minimum atomic E-state index is 0. The molecule has 0 aromatic heterocycles. The third-order valence-electron chi connectivity index (χ3n) is 0.258. The van der Waals surface area contributed by atoms with E-state index in [2.05, 4.69) is 24.4 Å². The number of aliphatic hydroxyl groups is 2. The van der Waals surface area contributed by atoms with Gasteiger partial charge in [0.2, 0.25) is 0 Å². The molecule has 0 atom stereocenters. The Balaban J connectivity index is -0.0000000293. The molecule has 0 saturated carbocycles. The molecule has 9 heteroatoms. The van der Waals surface area contributed by atoms with E-state index in [-0.39, 0.29) is 29.7 Å². The molecule has 0 fully saturated rings. The van der Waals surface area contributed by atoms with Crippen molar-refractivity contribution >= 4 is 34.8 Å². The molecule has 0 aliphatic carbocycles. The summed E-state index contributed by atoms with van der Waals surface area (Å²) in [6.45, 7) is 0.944. The first kappa shape index (κ1) is 29.4. The average molecular weight is 297 g/mol. The number of thiocarbonyl (C=S) groups is 2. The maximum Gasteiger partial charge on any atom is 2.00 e. The number of hydrogen-bond donors (Lipinski definition) is 4. The van der Waals surface area contributed by atoms with Crippen molar-refractivity contribution < 1.29 is 26.7 Å². The van der Waals surface area contributed by atoms with E-state index < -0.39 is 0 Å². The molecule has 15 heavy (non-hydrogen) atoms. The van der Waals surface area contributed by atoms with Gasteiger partial charge in [0.25, 0.3) is 0 Å². The summed E-state index contributed by atoms with van der Waals surface area (Å²) in [6, 6.07) is 0. The molecule has 0 amide bonds.